The fourth-order valence-corrected chi connectivity index (χ4v) is 1.86. The number of guanidine groups is 1. The lowest BCUT2D eigenvalue weighted by molar-refractivity contribution is 1.06. The van der Waals surface area contributed by atoms with Crippen LogP contribution in [-0.4, -0.2) is 5.96 Å². The molecule has 0 spiro atoms. The van der Waals surface area contributed by atoms with Crippen LogP contribution in [0.25, 0.3) is 11.1 Å². The van der Waals surface area contributed by atoms with Gasteiger partial charge in [-0.3, -0.25) is 0 Å². The van der Waals surface area contributed by atoms with Crippen LogP contribution >= 0.6 is 24.0 Å². The lowest BCUT2D eigenvalue weighted by Gasteiger charge is -2.05. The number of nitrogens with zero attached hydrogens (tertiary/aromatic N) is 1. The highest BCUT2D eigenvalue weighted by Gasteiger charge is 1.99. The van der Waals surface area contributed by atoms with Crippen molar-refractivity contribution in [2.75, 3.05) is 0 Å². The molecule has 0 aliphatic heterocycles. The normalized spacial score (nSPS) is 9.53. The minimum Gasteiger partial charge on any atom is -0.370 e. The second-order valence-corrected chi connectivity index (χ2v) is 4.31. The Labute approximate surface area is 130 Å². The molecule has 100 valence electrons. The molecule has 4 heteroatoms. The van der Waals surface area contributed by atoms with Gasteiger partial charge in [-0.2, -0.15) is 0 Å². The zero-order chi connectivity index (χ0) is 13.0. The van der Waals surface area contributed by atoms with Crippen LogP contribution < -0.4 is 11.5 Å². The molecule has 0 saturated carbocycles. The van der Waals surface area contributed by atoms with Crippen molar-refractivity contribution in [3.63, 3.8) is 0 Å². The maximum absolute atomic E-state index is 5.34. The van der Waals surface area contributed by atoms with Gasteiger partial charge in [0.25, 0.3) is 0 Å². The third-order valence-electron chi connectivity index (χ3n) is 2.72. The van der Waals surface area contributed by atoms with Gasteiger partial charge < -0.3 is 11.5 Å². The number of benzene rings is 2. The monoisotopic (exact) mass is 367 g/mol. The van der Waals surface area contributed by atoms with E-state index in [2.05, 4.69) is 48.3 Å². The molecule has 0 unspecified atom stereocenters. The second-order valence-electron chi connectivity index (χ2n) is 4.31. The van der Waals surface area contributed by atoms with Crippen molar-refractivity contribution in [3.8, 4) is 11.1 Å². The van der Waals surface area contributed by atoms with E-state index in [1.165, 1.54) is 16.7 Å². The zero-order valence-electron chi connectivity index (χ0n) is 10.8. The van der Waals surface area contributed by atoms with E-state index >= 15 is 0 Å². The van der Waals surface area contributed by atoms with E-state index in [4.69, 9.17) is 11.5 Å². The van der Waals surface area contributed by atoms with Gasteiger partial charge in [-0.05, 0) is 29.7 Å². The molecule has 0 aromatic heterocycles. The molecule has 0 bridgehead atoms. The quantitative estimate of drug-likeness (QED) is 0.498. The van der Waals surface area contributed by atoms with Crippen LogP contribution in [0.15, 0.2) is 53.5 Å². The van der Waals surface area contributed by atoms with Crippen LogP contribution in [0, 0.1) is 6.92 Å². The third kappa shape index (κ3) is 4.55. The number of halogens is 1. The average molecular weight is 367 g/mol. The van der Waals surface area contributed by atoms with Gasteiger partial charge in [0.05, 0.1) is 6.54 Å². The smallest absolute Gasteiger partial charge is 0.186 e. The van der Waals surface area contributed by atoms with Crippen LogP contribution in [0.5, 0.6) is 0 Å². The summed E-state index contributed by atoms with van der Waals surface area (Å²) >= 11 is 0. The second kappa shape index (κ2) is 7.13. The van der Waals surface area contributed by atoms with Crippen LogP contribution in [0.1, 0.15) is 11.1 Å². The Bertz CT molecular complexity index is 575. The van der Waals surface area contributed by atoms with Crippen molar-refractivity contribution < 1.29 is 0 Å². The van der Waals surface area contributed by atoms with E-state index in [1.54, 1.807) is 0 Å². The third-order valence-corrected chi connectivity index (χ3v) is 2.72. The highest BCUT2D eigenvalue weighted by atomic mass is 127. The Morgan fingerprint density at radius 1 is 1.00 bits per heavy atom. The molecule has 19 heavy (non-hydrogen) atoms. The molecule has 0 atom stereocenters. The van der Waals surface area contributed by atoms with Crippen LogP contribution in [0.2, 0.25) is 0 Å². The Hall–Kier alpha value is -1.56. The number of aryl methyl sites for hydroxylation is 1. The molecule has 0 fully saturated rings. The van der Waals surface area contributed by atoms with Crippen molar-refractivity contribution in [1.82, 2.24) is 0 Å². The van der Waals surface area contributed by atoms with Crippen molar-refractivity contribution in [2.24, 2.45) is 16.5 Å². The number of hydrogen-bond donors (Lipinski definition) is 2. The van der Waals surface area contributed by atoms with Gasteiger partial charge in [-0.15, -0.1) is 24.0 Å². The van der Waals surface area contributed by atoms with E-state index in [9.17, 15) is 0 Å². The summed E-state index contributed by atoms with van der Waals surface area (Å²) in [6, 6.07) is 16.7. The van der Waals surface area contributed by atoms with Crippen LogP contribution in [0.4, 0.5) is 0 Å². The van der Waals surface area contributed by atoms with Gasteiger partial charge in [-0.25, -0.2) is 4.99 Å². The predicted molar refractivity (Wildman–Crippen MR) is 91.5 cm³/mol. The van der Waals surface area contributed by atoms with E-state index in [0.717, 1.165) is 5.56 Å². The summed E-state index contributed by atoms with van der Waals surface area (Å²) in [5.41, 5.74) is 15.4. The standard InChI is InChI=1S/C15H17N3.HI/c1-11-4-2-6-13(8-11)14-7-3-5-12(9-14)10-18-15(16)17;/h2-9H,10H2,1H3,(H4,16,17,18);1H. The molecule has 0 amide bonds. The number of nitrogens with two attached hydrogens (primary N) is 2. The lowest BCUT2D eigenvalue weighted by Crippen LogP contribution is -2.22. The Morgan fingerprint density at radius 2 is 1.63 bits per heavy atom. The van der Waals surface area contributed by atoms with E-state index in [0.29, 0.717) is 6.54 Å². The fraction of sp³-hybridized carbons (Fsp3) is 0.133. The highest BCUT2D eigenvalue weighted by Crippen LogP contribution is 2.21. The number of rotatable bonds is 3. The van der Waals surface area contributed by atoms with Crippen molar-refractivity contribution in [2.45, 2.75) is 13.5 Å². The molecule has 2 aromatic carbocycles. The summed E-state index contributed by atoms with van der Waals surface area (Å²) in [6.07, 6.45) is 0. The first-order valence-electron chi connectivity index (χ1n) is 5.86. The Kier molecular flexibility index (Phi) is 5.82. The van der Waals surface area contributed by atoms with E-state index in [1.807, 2.05) is 12.1 Å². The highest BCUT2D eigenvalue weighted by molar-refractivity contribution is 14.0. The SMILES string of the molecule is Cc1cccc(-c2cccc(CN=C(N)N)c2)c1.I. The van der Waals surface area contributed by atoms with Gasteiger partial charge in [0, 0.05) is 0 Å². The number of hydrogen-bond acceptors (Lipinski definition) is 1. The minimum absolute atomic E-state index is 0. The molecular formula is C15H18IN3. The first-order valence-corrected chi connectivity index (χ1v) is 5.86. The maximum atomic E-state index is 5.34. The summed E-state index contributed by atoms with van der Waals surface area (Å²) in [4.78, 5) is 4.02. The van der Waals surface area contributed by atoms with Crippen molar-refractivity contribution >= 4 is 29.9 Å². The van der Waals surface area contributed by atoms with Crippen LogP contribution in [-0.2, 0) is 6.54 Å². The first kappa shape index (κ1) is 15.5. The first-order chi connectivity index (χ1) is 8.65. The molecule has 3 nitrogen and oxygen atoms in total. The maximum Gasteiger partial charge on any atom is 0.186 e. The van der Waals surface area contributed by atoms with Gasteiger partial charge in [-0.1, -0.05) is 48.0 Å². The van der Waals surface area contributed by atoms with Gasteiger partial charge in [0.2, 0.25) is 0 Å². The molecule has 2 aromatic rings. The van der Waals surface area contributed by atoms with Crippen molar-refractivity contribution in [3.05, 3.63) is 59.7 Å². The molecular weight excluding hydrogens is 349 g/mol. The molecule has 0 heterocycles. The molecule has 0 aliphatic carbocycles. The number of aliphatic imine (C=N–C) groups is 1. The molecule has 0 saturated heterocycles. The molecule has 4 N–H and O–H groups in total. The van der Waals surface area contributed by atoms with Crippen molar-refractivity contribution in [1.29, 1.82) is 0 Å². The lowest BCUT2D eigenvalue weighted by atomic mass is 10.0. The Morgan fingerprint density at radius 3 is 2.26 bits per heavy atom. The fourth-order valence-electron chi connectivity index (χ4n) is 1.86. The largest absolute Gasteiger partial charge is 0.370 e. The van der Waals surface area contributed by atoms with Gasteiger partial charge >= 0.3 is 0 Å². The zero-order valence-corrected chi connectivity index (χ0v) is 13.2. The molecule has 2 rings (SSSR count). The summed E-state index contributed by atoms with van der Waals surface area (Å²) < 4.78 is 0. The molecule has 0 aliphatic rings. The summed E-state index contributed by atoms with van der Waals surface area (Å²) in [5, 5.41) is 0. The summed E-state index contributed by atoms with van der Waals surface area (Å²) in [6.45, 7) is 2.61. The van der Waals surface area contributed by atoms with E-state index < -0.39 is 0 Å². The van der Waals surface area contributed by atoms with Gasteiger partial charge in [0.1, 0.15) is 0 Å². The minimum atomic E-state index is 0. The van der Waals surface area contributed by atoms with E-state index in [-0.39, 0.29) is 29.9 Å². The summed E-state index contributed by atoms with van der Waals surface area (Å²) in [5.74, 6) is 0.121. The van der Waals surface area contributed by atoms with Gasteiger partial charge in [0.15, 0.2) is 5.96 Å². The molecule has 0 radical (unpaired) electrons. The summed E-state index contributed by atoms with van der Waals surface area (Å²) in [7, 11) is 0. The topological polar surface area (TPSA) is 64.4 Å². The Balaban J connectivity index is 0.00000180. The van der Waals surface area contributed by atoms with Crippen LogP contribution in [0.3, 0.4) is 0 Å². The average Bonchev–Trinajstić information content (AvgIpc) is 2.37. The predicted octanol–water partition coefficient (Wildman–Crippen LogP) is 3.05.